The maximum absolute atomic E-state index is 2.25. The molecule has 0 fully saturated rings. The molecule has 0 aliphatic heterocycles. The van der Waals surface area contributed by atoms with Gasteiger partial charge in [-0.05, 0) is 31.2 Å². The van der Waals surface area contributed by atoms with Gasteiger partial charge in [0.25, 0.3) is 0 Å². The van der Waals surface area contributed by atoms with Gasteiger partial charge in [0.15, 0.2) is 0 Å². The van der Waals surface area contributed by atoms with Gasteiger partial charge in [-0.3, -0.25) is 0 Å². The molecule has 1 rings (SSSR count). The van der Waals surface area contributed by atoms with Gasteiger partial charge in [-0.1, -0.05) is 44.0 Å². The molecule has 0 saturated carbocycles. The van der Waals surface area contributed by atoms with Gasteiger partial charge >= 0.3 is 0 Å². The highest BCUT2D eigenvalue weighted by Crippen LogP contribution is 2.11. The Labute approximate surface area is 93.4 Å². The van der Waals surface area contributed by atoms with E-state index in [2.05, 4.69) is 55.4 Å². The summed E-state index contributed by atoms with van der Waals surface area (Å²) < 4.78 is 0. The second-order valence-electron chi connectivity index (χ2n) is 3.83. The van der Waals surface area contributed by atoms with Crippen molar-refractivity contribution in [3.63, 3.8) is 0 Å². The van der Waals surface area contributed by atoms with Crippen molar-refractivity contribution < 1.29 is 0 Å². The molecule has 1 heteroatoms. The molecule has 1 aromatic carbocycles. The van der Waals surface area contributed by atoms with Gasteiger partial charge in [0.2, 0.25) is 0 Å². The minimum Gasteiger partial charge on any atom is -0.351 e. The molecular weight excluding hydrogens is 182 g/mol. The largest absolute Gasteiger partial charge is 0.351 e. The van der Waals surface area contributed by atoms with Gasteiger partial charge in [0.1, 0.15) is 0 Å². The average molecular weight is 203 g/mol. The molecule has 0 aromatic heterocycles. The number of allylic oxidation sites excluding steroid dienone is 1. The Kier molecular flexibility index (Phi) is 5.60. The molecular formula is C14H21N. The van der Waals surface area contributed by atoms with Crippen LogP contribution in [-0.2, 0) is 0 Å². The molecule has 1 aromatic rings. The summed E-state index contributed by atoms with van der Waals surface area (Å²) in [4.78, 5) is 2.16. The lowest BCUT2D eigenvalue weighted by Gasteiger charge is -2.13. The van der Waals surface area contributed by atoms with Gasteiger partial charge < -0.3 is 4.90 Å². The van der Waals surface area contributed by atoms with E-state index >= 15 is 0 Å². The molecule has 0 N–H and O–H groups in total. The lowest BCUT2D eigenvalue weighted by atomic mass is 10.2. The molecule has 82 valence electrons. The van der Waals surface area contributed by atoms with Crippen LogP contribution < -0.4 is 4.90 Å². The number of para-hydroxylation sites is 1. The highest BCUT2D eigenvalue weighted by Gasteiger charge is 1.92. The monoisotopic (exact) mass is 203 g/mol. The van der Waals surface area contributed by atoms with E-state index in [1.807, 2.05) is 6.07 Å². The fourth-order valence-electron chi connectivity index (χ4n) is 1.49. The van der Waals surface area contributed by atoms with Crippen LogP contribution in [0, 0.1) is 0 Å². The van der Waals surface area contributed by atoms with Crippen LogP contribution in [0.15, 0.2) is 42.6 Å². The van der Waals surface area contributed by atoms with E-state index < -0.39 is 0 Å². The van der Waals surface area contributed by atoms with Crippen molar-refractivity contribution in [1.29, 1.82) is 0 Å². The van der Waals surface area contributed by atoms with Crippen molar-refractivity contribution in [2.45, 2.75) is 32.6 Å². The first kappa shape index (κ1) is 11.8. The van der Waals surface area contributed by atoms with Gasteiger partial charge in [0.05, 0.1) is 0 Å². The average Bonchev–Trinajstić information content (AvgIpc) is 2.30. The molecule has 0 radical (unpaired) electrons. The number of rotatable bonds is 6. The minimum atomic E-state index is 1.19. The lowest BCUT2D eigenvalue weighted by molar-refractivity contribution is 0.728. The third-order valence-corrected chi connectivity index (χ3v) is 2.47. The molecule has 0 unspecified atom stereocenters. The summed E-state index contributed by atoms with van der Waals surface area (Å²) in [6.07, 6.45) is 9.52. The molecule has 15 heavy (non-hydrogen) atoms. The van der Waals surface area contributed by atoms with E-state index in [1.165, 1.54) is 31.4 Å². The summed E-state index contributed by atoms with van der Waals surface area (Å²) in [5.41, 5.74) is 1.24. The van der Waals surface area contributed by atoms with Crippen LogP contribution in [0.3, 0.4) is 0 Å². The SMILES string of the molecule is CCCCC/C=C/N(C)c1ccccc1. The highest BCUT2D eigenvalue weighted by molar-refractivity contribution is 5.47. The summed E-state index contributed by atoms with van der Waals surface area (Å²) >= 11 is 0. The highest BCUT2D eigenvalue weighted by atomic mass is 15.1. The van der Waals surface area contributed by atoms with Crippen LogP contribution in [0.1, 0.15) is 32.6 Å². The lowest BCUT2D eigenvalue weighted by Crippen LogP contribution is -2.06. The molecule has 0 saturated heterocycles. The first-order chi connectivity index (χ1) is 7.34. The van der Waals surface area contributed by atoms with E-state index in [-0.39, 0.29) is 0 Å². The van der Waals surface area contributed by atoms with Crippen LogP contribution in [-0.4, -0.2) is 7.05 Å². The molecule has 0 aliphatic carbocycles. The second-order valence-corrected chi connectivity index (χ2v) is 3.83. The molecule has 0 amide bonds. The number of hydrogen-bond acceptors (Lipinski definition) is 1. The van der Waals surface area contributed by atoms with Crippen molar-refractivity contribution >= 4 is 5.69 Å². The second kappa shape index (κ2) is 7.10. The van der Waals surface area contributed by atoms with Crippen molar-refractivity contribution in [2.75, 3.05) is 11.9 Å². The van der Waals surface area contributed by atoms with Crippen molar-refractivity contribution in [3.05, 3.63) is 42.6 Å². The molecule has 0 spiro atoms. The van der Waals surface area contributed by atoms with Crippen LogP contribution in [0.2, 0.25) is 0 Å². The van der Waals surface area contributed by atoms with Gasteiger partial charge in [0, 0.05) is 12.7 Å². The van der Waals surface area contributed by atoms with Crippen molar-refractivity contribution in [3.8, 4) is 0 Å². The summed E-state index contributed by atoms with van der Waals surface area (Å²) in [6, 6.07) is 10.4. The van der Waals surface area contributed by atoms with E-state index in [0.717, 1.165) is 0 Å². The zero-order chi connectivity index (χ0) is 10.9. The third-order valence-electron chi connectivity index (χ3n) is 2.47. The summed E-state index contributed by atoms with van der Waals surface area (Å²) in [7, 11) is 2.09. The van der Waals surface area contributed by atoms with Crippen LogP contribution in [0.4, 0.5) is 5.69 Å². The summed E-state index contributed by atoms with van der Waals surface area (Å²) in [5.74, 6) is 0. The molecule has 0 heterocycles. The van der Waals surface area contributed by atoms with Crippen molar-refractivity contribution in [2.24, 2.45) is 0 Å². The smallest absolute Gasteiger partial charge is 0.0403 e. The number of nitrogens with zero attached hydrogens (tertiary/aromatic N) is 1. The fraction of sp³-hybridized carbons (Fsp3) is 0.429. The third kappa shape index (κ3) is 4.68. The van der Waals surface area contributed by atoms with Crippen molar-refractivity contribution in [1.82, 2.24) is 0 Å². The van der Waals surface area contributed by atoms with Crippen LogP contribution >= 0.6 is 0 Å². The predicted molar refractivity (Wildman–Crippen MR) is 68.1 cm³/mol. The summed E-state index contributed by atoms with van der Waals surface area (Å²) in [6.45, 7) is 2.24. The number of benzene rings is 1. The zero-order valence-corrected chi connectivity index (χ0v) is 9.82. The normalized spacial score (nSPS) is 10.8. The first-order valence-electron chi connectivity index (χ1n) is 5.79. The van der Waals surface area contributed by atoms with E-state index in [1.54, 1.807) is 0 Å². The Hall–Kier alpha value is -1.24. The quantitative estimate of drug-likeness (QED) is 0.626. The Morgan fingerprint density at radius 2 is 1.87 bits per heavy atom. The molecule has 1 nitrogen and oxygen atoms in total. The van der Waals surface area contributed by atoms with E-state index in [4.69, 9.17) is 0 Å². The Bertz CT molecular complexity index is 277. The number of anilines is 1. The van der Waals surface area contributed by atoms with Crippen LogP contribution in [0.25, 0.3) is 0 Å². The van der Waals surface area contributed by atoms with Crippen LogP contribution in [0.5, 0.6) is 0 Å². The van der Waals surface area contributed by atoms with Gasteiger partial charge in [-0.25, -0.2) is 0 Å². The minimum absolute atomic E-state index is 1.19. The molecule has 0 aliphatic rings. The number of unbranched alkanes of at least 4 members (excludes halogenated alkanes) is 3. The maximum Gasteiger partial charge on any atom is 0.0403 e. The Morgan fingerprint density at radius 3 is 2.53 bits per heavy atom. The number of hydrogen-bond donors (Lipinski definition) is 0. The maximum atomic E-state index is 2.25. The fourth-order valence-corrected chi connectivity index (χ4v) is 1.49. The topological polar surface area (TPSA) is 3.24 Å². The van der Waals surface area contributed by atoms with Gasteiger partial charge in [-0.2, -0.15) is 0 Å². The molecule has 0 bridgehead atoms. The zero-order valence-electron chi connectivity index (χ0n) is 9.82. The Morgan fingerprint density at radius 1 is 1.13 bits per heavy atom. The summed E-state index contributed by atoms with van der Waals surface area (Å²) in [5, 5.41) is 0. The first-order valence-corrected chi connectivity index (χ1v) is 5.79. The standard InChI is InChI=1S/C14H21N/c1-3-4-5-6-10-13-15(2)14-11-8-7-9-12-14/h7-13H,3-6H2,1-2H3/b13-10+. The van der Waals surface area contributed by atoms with E-state index in [9.17, 15) is 0 Å². The van der Waals surface area contributed by atoms with Gasteiger partial charge in [-0.15, -0.1) is 0 Å². The predicted octanol–water partition coefficient (Wildman–Crippen LogP) is 4.22. The van der Waals surface area contributed by atoms with E-state index in [0.29, 0.717) is 0 Å². The molecule has 0 atom stereocenters. The Balaban J connectivity index is 2.32.